The Hall–Kier alpha value is -3.16. The van der Waals surface area contributed by atoms with Crippen LogP contribution < -0.4 is 10.7 Å². The molecule has 1 aliphatic rings. The fourth-order valence-electron chi connectivity index (χ4n) is 2.71. The SMILES string of the molecule is Cc1cc(CN(C)C(=O)C2=NN(c3ccccc3)C(C(N)=O)C2)no1. The second-order valence-corrected chi connectivity index (χ2v) is 5.94. The van der Waals surface area contributed by atoms with Crippen LogP contribution in [0.5, 0.6) is 0 Å². The van der Waals surface area contributed by atoms with E-state index in [2.05, 4.69) is 10.3 Å². The molecule has 2 N–H and O–H groups in total. The van der Waals surface area contributed by atoms with Crippen LogP contribution in [0.3, 0.4) is 0 Å². The monoisotopic (exact) mass is 341 g/mol. The molecule has 0 saturated carbocycles. The average Bonchev–Trinajstić information content (AvgIpc) is 3.21. The summed E-state index contributed by atoms with van der Waals surface area (Å²) in [5.41, 5.74) is 7.14. The topological polar surface area (TPSA) is 105 Å². The van der Waals surface area contributed by atoms with Crippen molar-refractivity contribution >= 4 is 23.2 Å². The molecular weight excluding hydrogens is 322 g/mol. The summed E-state index contributed by atoms with van der Waals surface area (Å²) in [5, 5.41) is 9.72. The first kappa shape index (κ1) is 16.7. The first-order valence-corrected chi connectivity index (χ1v) is 7.84. The van der Waals surface area contributed by atoms with Crippen LogP contribution in [0, 0.1) is 6.92 Å². The van der Waals surface area contributed by atoms with Gasteiger partial charge >= 0.3 is 0 Å². The maximum Gasteiger partial charge on any atom is 0.270 e. The number of hydrogen-bond donors (Lipinski definition) is 1. The number of hydrogen-bond acceptors (Lipinski definition) is 6. The van der Waals surface area contributed by atoms with E-state index in [0.29, 0.717) is 23.7 Å². The number of nitrogens with two attached hydrogens (primary N) is 1. The van der Waals surface area contributed by atoms with Crippen LogP contribution >= 0.6 is 0 Å². The molecule has 0 spiro atoms. The van der Waals surface area contributed by atoms with Crippen molar-refractivity contribution in [3.63, 3.8) is 0 Å². The summed E-state index contributed by atoms with van der Waals surface area (Å²) in [6, 6.07) is 10.3. The van der Waals surface area contributed by atoms with Crippen molar-refractivity contribution in [2.75, 3.05) is 12.1 Å². The van der Waals surface area contributed by atoms with Gasteiger partial charge in [-0.05, 0) is 19.1 Å². The van der Waals surface area contributed by atoms with Crippen LogP contribution in [-0.2, 0) is 16.1 Å². The zero-order valence-corrected chi connectivity index (χ0v) is 14.0. The maximum atomic E-state index is 12.7. The van der Waals surface area contributed by atoms with E-state index in [1.807, 2.05) is 30.3 Å². The molecule has 1 unspecified atom stereocenters. The van der Waals surface area contributed by atoms with Gasteiger partial charge in [-0.3, -0.25) is 14.6 Å². The van der Waals surface area contributed by atoms with Gasteiger partial charge in [-0.25, -0.2) is 0 Å². The second-order valence-electron chi connectivity index (χ2n) is 5.94. The van der Waals surface area contributed by atoms with Gasteiger partial charge in [0.25, 0.3) is 5.91 Å². The van der Waals surface area contributed by atoms with E-state index < -0.39 is 11.9 Å². The van der Waals surface area contributed by atoms with Gasteiger partial charge in [-0.15, -0.1) is 0 Å². The number of hydrazone groups is 1. The standard InChI is InChI=1S/C17H19N5O3/c1-11-8-12(20-25-11)10-21(2)17(24)14-9-15(16(18)23)22(19-14)13-6-4-3-5-7-13/h3-8,15H,9-10H2,1-2H3,(H2,18,23). The Bertz CT molecular complexity index is 815. The number of aromatic nitrogens is 1. The smallest absolute Gasteiger partial charge is 0.270 e. The normalized spacial score (nSPS) is 16.6. The Morgan fingerprint density at radius 3 is 2.68 bits per heavy atom. The molecule has 1 atom stereocenters. The molecule has 2 heterocycles. The molecule has 8 heteroatoms. The molecule has 0 bridgehead atoms. The Kier molecular flexibility index (Phi) is 4.51. The van der Waals surface area contributed by atoms with E-state index in [1.54, 1.807) is 20.0 Å². The molecule has 0 saturated heterocycles. The summed E-state index contributed by atoms with van der Waals surface area (Å²) < 4.78 is 5.01. The third kappa shape index (κ3) is 3.52. The Balaban J connectivity index is 1.78. The van der Waals surface area contributed by atoms with Crippen molar-refractivity contribution in [2.45, 2.75) is 25.9 Å². The highest BCUT2D eigenvalue weighted by Gasteiger charge is 2.35. The molecule has 2 aromatic rings. The molecule has 1 aliphatic heterocycles. The summed E-state index contributed by atoms with van der Waals surface area (Å²) in [5.74, 6) is -0.117. The van der Waals surface area contributed by atoms with E-state index in [-0.39, 0.29) is 18.0 Å². The highest BCUT2D eigenvalue weighted by Crippen LogP contribution is 2.25. The van der Waals surface area contributed by atoms with Gasteiger partial charge < -0.3 is 15.2 Å². The largest absolute Gasteiger partial charge is 0.368 e. The number of nitrogens with zero attached hydrogens (tertiary/aromatic N) is 4. The third-order valence-corrected chi connectivity index (χ3v) is 3.93. The van der Waals surface area contributed by atoms with E-state index in [1.165, 1.54) is 9.91 Å². The van der Waals surface area contributed by atoms with E-state index >= 15 is 0 Å². The quantitative estimate of drug-likeness (QED) is 0.875. The number of anilines is 1. The molecule has 2 amide bonds. The number of amides is 2. The van der Waals surface area contributed by atoms with Gasteiger partial charge in [0.15, 0.2) is 0 Å². The number of carbonyl (C=O) groups excluding carboxylic acids is 2. The number of primary amides is 1. The lowest BCUT2D eigenvalue weighted by atomic mass is 10.1. The predicted molar refractivity (Wildman–Crippen MR) is 91.7 cm³/mol. The first-order chi connectivity index (χ1) is 12.0. The zero-order chi connectivity index (χ0) is 18.0. The predicted octanol–water partition coefficient (Wildman–Crippen LogP) is 1.06. The molecule has 130 valence electrons. The summed E-state index contributed by atoms with van der Waals surface area (Å²) in [7, 11) is 1.65. The summed E-state index contributed by atoms with van der Waals surface area (Å²) in [4.78, 5) is 25.9. The molecule has 0 radical (unpaired) electrons. The maximum absolute atomic E-state index is 12.7. The van der Waals surface area contributed by atoms with E-state index in [9.17, 15) is 9.59 Å². The number of benzene rings is 1. The van der Waals surface area contributed by atoms with Crippen LogP contribution in [0.2, 0.25) is 0 Å². The number of aryl methyl sites for hydroxylation is 1. The zero-order valence-electron chi connectivity index (χ0n) is 14.0. The number of rotatable bonds is 5. The highest BCUT2D eigenvalue weighted by molar-refractivity contribution is 6.40. The van der Waals surface area contributed by atoms with Crippen LogP contribution in [0.4, 0.5) is 5.69 Å². The molecule has 1 aromatic heterocycles. The van der Waals surface area contributed by atoms with Crippen molar-refractivity contribution in [1.82, 2.24) is 10.1 Å². The number of carbonyl (C=O) groups is 2. The summed E-state index contributed by atoms with van der Waals surface area (Å²) >= 11 is 0. The highest BCUT2D eigenvalue weighted by atomic mass is 16.5. The lowest BCUT2D eigenvalue weighted by Gasteiger charge is -2.20. The van der Waals surface area contributed by atoms with Gasteiger partial charge in [-0.2, -0.15) is 5.10 Å². The molecule has 0 fully saturated rings. The fraction of sp³-hybridized carbons (Fsp3) is 0.294. The van der Waals surface area contributed by atoms with E-state index in [4.69, 9.17) is 10.3 Å². The molecule has 3 rings (SSSR count). The molecular formula is C17H19N5O3. The minimum absolute atomic E-state index is 0.172. The lowest BCUT2D eigenvalue weighted by molar-refractivity contribution is -0.123. The molecule has 25 heavy (non-hydrogen) atoms. The van der Waals surface area contributed by atoms with Crippen LogP contribution in [0.25, 0.3) is 0 Å². The van der Waals surface area contributed by atoms with Crippen molar-refractivity contribution in [3.8, 4) is 0 Å². The molecule has 8 nitrogen and oxygen atoms in total. The third-order valence-electron chi connectivity index (χ3n) is 3.93. The Morgan fingerprint density at radius 1 is 1.36 bits per heavy atom. The van der Waals surface area contributed by atoms with Crippen molar-refractivity contribution in [1.29, 1.82) is 0 Å². The minimum Gasteiger partial charge on any atom is -0.368 e. The van der Waals surface area contributed by atoms with Gasteiger partial charge in [0.2, 0.25) is 5.91 Å². The van der Waals surface area contributed by atoms with Gasteiger partial charge in [0.05, 0.1) is 12.2 Å². The lowest BCUT2D eigenvalue weighted by Crippen LogP contribution is -2.40. The van der Waals surface area contributed by atoms with Gasteiger partial charge in [-0.1, -0.05) is 23.4 Å². The summed E-state index contributed by atoms with van der Waals surface area (Å²) in [6.07, 6.45) is 0.172. The van der Waals surface area contributed by atoms with Crippen molar-refractivity contribution in [2.24, 2.45) is 10.8 Å². The molecule has 0 aliphatic carbocycles. The van der Waals surface area contributed by atoms with Crippen molar-refractivity contribution < 1.29 is 14.1 Å². The Morgan fingerprint density at radius 2 is 2.08 bits per heavy atom. The Labute approximate surface area is 144 Å². The first-order valence-electron chi connectivity index (χ1n) is 7.84. The fourth-order valence-corrected chi connectivity index (χ4v) is 2.71. The summed E-state index contributed by atoms with van der Waals surface area (Å²) in [6.45, 7) is 2.08. The van der Waals surface area contributed by atoms with Gasteiger partial charge in [0, 0.05) is 19.5 Å². The van der Waals surface area contributed by atoms with E-state index in [0.717, 1.165) is 0 Å². The average molecular weight is 341 g/mol. The van der Waals surface area contributed by atoms with Crippen LogP contribution in [0.1, 0.15) is 17.9 Å². The number of para-hydroxylation sites is 1. The second kappa shape index (κ2) is 6.76. The van der Waals surface area contributed by atoms with Crippen LogP contribution in [-0.4, -0.2) is 40.7 Å². The minimum atomic E-state index is -0.677. The van der Waals surface area contributed by atoms with Crippen LogP contribution in [0.15, 0.2) is 46.0 Å². The van der Waals surface area contributed by atoms with Gasteiger partial charge in [0.1, 0.15) is 23.2 Å². The molecule has 1 aromatic carbocycles. The van der Waals surface area contributed by atoms with Crippen molar-refractivity contribution in [3.05, 3.63) is 47.9 Å².